The Hall–Kier alpha value is -1.42. The first kappa shape index (κ1) is 26.6. The molecular formula is C31H48O4. The van der Waals surface area contributed by atoms with Crippen LogP contribution < -0.4 is 0 Å². The number of ether oxygens (including phenoxy) is 1. The summed E-state index contributed by atoms with van der Waals surface area (Å²) >= 11 is 0. The van der Waals surface area contributed by atoms with Crippen LogP contribution in [0, 0.1) is 45.3 Å². The zero-order chi connectivity index (χ0) is 25.8. The third kappa shape index (κ3) is 3.80. The second-order valence-electron chi connectivity index (χ2n) is 13.4. The maximum absolute atomic E-state index is 13.0. The summed E-state index contributed by atoms with van der Waals surface area (Å²) in [5, 5.41) is 10.3. The molecule has 4 heteroatoms. The lowest BCUT2D eigenvalue weighted by Crippen LogP contribution is -2.58. The number of aliphatic hydroxyl groups is 1. The first-order chi connectivity index (χ1) is 16.4. The summed E-state index contributed by atoms with van der Waals surface area (Å²) in [6.07, 6.45) is 13.3. The molecule has 0 heterocycles. The Balaban J connectivity index is 1.69. The molecule has 196 valence electrons. The Bertz CT molecular complexity index is 928. The molecule has 4 rings (SSSR count). The van der Waals surface area contributed by atoms with E-state index in [1.54, 1.807) is 5.57 Å². The summed E-state index contributed by atoms with van der Waals surface area (Å²) in [4.78, 5) is 26.0. The quantitative estimate of drug-likeness (QED) is 0.338. The van der Waals surface area contributed by atoms with Crippen molar-refractivity contribution in [3.63, 3.8) is 0 Å². The molecule has 1 N–H and O–H groups in total. The van der Waals surface area contributed by atoms with Gasteiger partial charge in [-0.25, -0.2) is 0 Å². The monoisotopic (exact) mass is 484 g/mol. The van der Waals surface area contributed by atoms with E-state index in [1.165, 1.54) is 12.7 Å². The zero-order valence-electron chi connectivity index (χ0n) is 23.2. The lowest BCUT2D eigenvalue weighted by atomic mass is 9.41. The van der Waals surface area contributed by atoms with E-state index in [4.69, 9.17) is 4.74 Å². The van der Waals surface area contributed by atoms with E-state index in [0.717, 1.165) is 51.4 Å². The number of hydrogen-bond donors (Lipinski definition) is 1. The van der Waals surface area contributed by atoms with Crippen LogP contribution in [0.2, 0.25) is 0 Å². The van der Waals surface area contributed by atoms with Crippen molar-refractivity contribution in [3.05, 3.63) is 23.3 Å². The lowest BCUT2D eigenvalue weighted by Gasteiger charge is -2.63. The SMILES string of the molecule is COC(=O)[C@@H](CCC=C(C)C)[C@@H]1CC[C@]2(C)C3=CC[C@@H]4[C@](C)(CCC(=O)[C@]4(C)CO)[C@H]3CC[C@@]12C. The van der Waals surface area contributed by atoms with Crippen LogP contribution >= 0.6 is 0 Å². The smallest absolute Gasteiger partial charge is 0.308 e. The van der Waals surface area contributed by atoms with Crippen LogP contribution in [-0.4, -0.2) is 30.6 Å². The zero-order valence-corrected chi connectivity index (χ0v) is 23.2. The van der Waals surface area contributed by atoms with Crippen molar-refractivity contribution in [1.29, 1.82) is 0 Å². The predicted octanol–water partition coefficient (Wildman–Crippen LogP) is 6.67. The van der Waals surface area contributed by atoms with Gasteiger partial charge in [-0.05, 0) is 99.2 Å². The Morgan fingerprint density at radius 1 is 1.17 bits per heavy atom. The van der Waals surface area contributed by atoms with Gasteiger partial charge in [-0.1, -0.05) is 51.0 Å². The van der Waals surface area contributed by atoms with Gasteiger partial charge in [0.05, 0.1) is 25.0 Å². The maximum atomic E-state index is 13.0. The van der Waals surface area contributed by atoms with Crippen LogP contribution in [-0.2, 0) is 14.3 Å². The minimum atomic E-state index is -0.629. The lowest BCUT2D eigenvalue weighted by molar-refractivity contribution is -0.154. The Labute approximate surface area is 213 Å². The van der Waals surface area contributed by atoms with Gasteiger partial charge < -0.3 is 9.84 Å². The van der Waals surface area contributed by atoms with Gasteiger partial charge in [0.25, 0.3) is 0 Å². The number of carbonyl (C=O) groups is 2. The molecular weight excluding hydrogens is 436 g/mol. The fraction of sp³-hybridized carbons (Fsp3) is 0.806. The van der Waals surface area contributed by atoms with Crippen molar-refractivity contribution in [1.82, 2.24) is 0 Å². The summed E-state index contributed by atoms with van der Waals surface area (Å²) in [6, 6.07) is 0. The molecule has 0 spiro atoms. The molecule has 8 atom stereocenters. The van der Waals surface area contributed by atoms with Crippen molar-refractivity contribution in [2.24, 2.45) is 45.3 Å². The Kier molecular flexibility index (Phi) is 6.97. The molecule has 0 aromatic heterocycles. The van der Waals surface area contributed by atoms with Gasteiger partial charge in [0.1, 0.15) is 5.78 Å². The van der Waals surface area contributed by atoms with Gasteiger partial charge in [0.15, 0.2) is 0 Å². The number of rotatable bonds is 6. The highest BCUT2D eigenvalue weighted by Gasteiger charge is 2.66. The molecule has 0 saturated heterocycles. The van der Waals surface area contributed by atoms with Gasteiger partial charge in [0, 0.05) is 6.42 Å². The Morgan fingerprint density at radius 2 is 1.89 bits per heavy atom. The van der Waals surface area contributed by atoms with Crippen molar-refractivity contribution < 1.29 is 19.4 Å². The average molecular weight is 485 g/mol. The number of allylic oxidation sites excluding steroid dienone is 4. The largest absolute Gasteiger partial charge is 0.469 e. The summed E-state index contributed by atoms with van der Waals surface area (Å²) in [6.45, 7) is 13.5. The van der Waals surface area contributed by atoms with Gasteiger partial charge in [-0.2, -0.15) is 0 Å². The Morgan fingerprint density at radius 3 is 2.51 bits per heavy atom. The number of fused-ring (bicyclic) bond motifs is 5. The minimum Gasteiger partial charge on any atom is -0.469 e. The number of hydrogen-bond acceptors (Lipinski definition) is 4. The normalized spacial score (nSPS) is 43.4. The summed E-state index contributed by atoms with van der Waals surface area (Å²) in [5.41, 5.74) is 2.43. The predicted molar refractivity (Wildman–Crippen MR) is 140 cm³/mol. The molecule has 4 aliphatic carbocycles. The third-order valence-electron chi connectivity index (χ3n) is 11.8. The number of esters is 1. The van der Waals surface area contributed by atoms with E-state index in [2.05, 4.69) is 46.8 Å². The van der Waals surface area contributed by atoms with E-state index < -0.39 is 5.41 Å². The third-order valence-corrected chi connectivity index (χ3v) is 11.8. The number of ketones is 1. The van der Waals surface area contributed by atoms with Gasteiger partial charge >= 0.3 is 5.97 Å². The molecule has 4 nitrogen and oxygen atoms in total. The van der Waals surface area contributed by atoms with E-state index in [1.807, 2.05) is 6.92 Å². The van der Waals surface area contributed by atoms with Crippen LogP contribution in [0.25, 0.3) is 0 Å². The molecule has 3 saturated carbocycles. The highest BCUT2D eigenvalue weighted by atomic mass is 16.5. The summed E-state index contributed by atoms with van der Waals surface area (Å²) < 4.78 is 5.35. The number of carbonyl (C=O) groups excluding carboxylic acids is 2. The second kappa shape index (κ2) is 9.15. The van der Waals surface area contributed by atoms with Crippen LogP contribution in [0.15, 0.2) is 23.3 Å². The number of methoxy groups -OCH3 is 1. The molecule has 0 aliphatic heterocycles. The van der Waals surface area contributed by atoms with Crippen LogP contribution in [0.3, 0.4) is 0 Å². The maximum Gasteiger partial charge on any atom is 0.308 e. The van der Waals surface area contributed by atoms with Gasteiger partial charge in [-0.3, -0.25) is 9.59 Å². The molecule has 0 aromatic rings. The van der Waals surface area contributed by atoms with E-state index in [0.29, 0.717) is 18.3 Å². The standard InChI is InChI=1S/C31H48O4/c1-20(2)9-8-10-21(27(34)35-7)22-13-17-31(6)24-11-12-25-28(3,23(24)14-18-30(22,31)5)16-15-26(33)29(25,4)19-32/h9,11,21-23,25,32H,8,10,12-19H2,1-7H3/t21-,22-,23-,25+,28+,29+,30-,31+/m0/s1. The molecule has 4 aliphatic rings. The van der Waals surface area contributed by atoms with Crippen LogP contribution in [0.4, 0.5) is 0 Å². The van der Waals surface area contributed by atoms with Crippen molar-refractivity contribution in [3.8, 4) is 0 Å². The molecule has 3 fully saturated rings. The summed E-state index contributed by atoms with van der Waals surface area (Å²) in [7, 11) is 1.54. The second-order valence-corrected chi connectivity index (χ2v) is 13.4. The van der Waals surface area contributed by atoms with E-state index in [9.17, 15) is 14.7 Å². The first-order valence-corrected chi connectivity index (χ1v) is 13.9. The topological polar surface area (TPSA) is 63.6 Å². The van der Waals surface area contributed by atoms with Crippen molar-refractivity contribution in [2.75, 3.05) is 13.7 Å². The average Bonchev–Trinajstić information content (AvgIpc) is 3.10. The summed E-state index contributed by atoms with van der Waals surface area (Å²) in [5.74, 6) is 1.12. The highest BCUT2D eigenvalue weighted by Crippen LogP contribution is 2.73. The number of aliphatic hydroxyl groups excluding tert-OH is 1. The fourth-order valence-corrected chi connectivity index (χ4v) is 9.42. The van der Waals surface area contributed by atoms with Crippen LogP contribution in [0.1, 0.15) is 99.3 Å². The number of Topliss-reactive ketones (excluding diaryl/α,β-unsaturated/α-hetero) is 1. The van der Waals surface area contributed by atoms with Gasteiger partial charge in [0.2, 0.25) is 0 Å². The molecule has 0 unspecified atom stereocenters. The molecule has 0 amide bonds. The first-order valence-electron chi connectivity index (χ1n) is 13.9. The van der Waals surface area contributed by atoms with Crippen LogP contribution in [0.5, 0.6) is 0 Å². The highest BCUT2D eigenvalue weighted by molar-refractivity contribution is 5.86. The fourth-order valence-electron chi connectivity index (χ4n) is 9.42. The molecule has 0 bridgehead atoms. The molecule has 0 aromatic carbocycles. The van der Waals surface area contributed by atoms with E-state index in [-0.39, 0.29) is 46.4 Å². The van der Waals surface area contributed by atoms with E-state index >= 15 is 0 Å². The molecule has 35 heavy (non-hydrogen) atoms. The van der Waals surface area contributed by atoms with Crippen molar-refractivity contribution >= 4 is 11.8 Å². The minimum absolute atomic E-state index is 0.0427. The van der Waals surface area contributed by atoms with Gasteiger partial charge in [-0.15, -0.1) is 0 Å². The molecule has 0 radical (unpaired) electrons. The van der Waals surface area contributed by atoms with Crippen molar-refractivity contribution in [2.45, 2.75) is 99.3 Å².